The van der Waals surface area contributed by atoms with Gasteiger partial charge in [0.05, 0.1) is 5.54 Å². The summed E-state index contributed by atoms with van der Waals surface area (Å²) in [6.45, 7) is 12.8. The number of pyridine rings is 1. The van der Waals surface area contributed by atoms with E-state index in [1.165, 1.54) is 0 Å². The fourth-order valence-electron chi connectivity index (χ4n) is 4.50. The van der Waals surface area contributed by atoms with Crippen molar-refractivity contribution in [2.45, 2.75) is 52.7 Å². The van der Waals surface area contributed by atoms with Gasteiger partial charge in [-0.15, -0.1) is 0 Å². The first-order valence-corrected chi connectivity index (χ1v) is 10.2. The number of nitrogens with one attached hydrogen (secondary N) is 1. The molecule has 156 valence electrons. The number of rotatable bonds is 3. The molecule has 2 aromatic heterocycles. The Bertz CT molecular complexity index is 960. The third-order valence-corrected chi connectivity index (χ3v) is 5.97. The third kappa shape index (κ3) is 3.58. The summed E-state index contributed by atoms with van der Waals surface area (Å²) in [5.41, 5.74) is 1.95. The molecule has 1 saturated heterocycles. The number of hydrogen-bond acceptors (Lipinski definition) is 4. The predicted octanol–water partition coefficient (Wildman–Crippen LogP) is 3.11. The van der Waals surface area contributed by atoms with Crippen molar-refractivity contribution in [2.24, 2.45) is 17.8 Å². The van der Waals surface area contributed by atoms with E-state index >= 15 is 0 Å². The molecule has 0 spiro atoms. The van der Waals surface area contributed by atoms with Gasteiger partial charge in [-0.1, -0.05) is 6.07 Å². The maximum absolute atomic E-state index is 13.0. The largest absolute Gasteiger partial charge is 0.444 e. The minimum atomic E-state index is -0.536. The van der Waals surface area contributed by atoms with Crippen LogP contribution < -0.4 is 5.32 Å². The lowest BCUT2D eigenvalue weighted by Gasteiger charge is -2.29. The molecule has 2 amide bonds. The Balaban J connectivity index is 1.41. The summed E-state index contributed by atoms with van der Waals surface area (Å²) in [5, 5.41) is 3.22. The molecule has 1 aliphatic heterocycles. The van der Waals surface area contributed by atoms with Crippen LogP contribution >= 0.6 is 0 Å². The fraction of sp³-hybridized carbons (Fsp3) is 0.591. The van der Waals surface area contributed by atoms with Gasteiger partial charge in [0.15, 0.2) is 0 Å². The average Bonchev–Trinajstić information content (AvgIpc) is 2.98. The molecular weight excluding hydrogens is 368 g/mol. The van der Waals surface area contributed by atoms with Crippen LogP contribution in [-0.4, -0.2) is 45.0 Å². The Morgan fingerprint density at radius 2 is 1.79 bits per heavy atom. The molecule has 0 bridgehead atoms. The standard InChI is InChI=1S/C22H30N4O3/c1-13-7-8-16(26-10-9-23-18(13)26)22(5,6)24-19(27)17-14-11-25(12-15(14)17)20(28)29-21(2,3)4/h7-10,14-15,17H,11-12H2,1-6H3,(H,24,27)/t14-,15+,17+. The highest BCUT2D eigenvalue weighted by Gasteiger charge is 2.61. The first kappa shape index (κ1) is 19.7. The lowest BCUT2D eigenvalue weighted by atomic mass is 9.98. The number of aryl methyl sites for hydroxylation is 1. The van der Waals surface area contributed by atoms with E-state index in [-0.39, 0.29) is 29.8 Å². The van der Waals surface area contributed by atoms with Gasteiger partial charge in [-0.05, 0) is 65.0 Å². The normalized spacial score (nSPS) is 23.8. The third-order valence-electron chi connectivity index (χ3n) is 5.97. The zero-order valence-electron chi connectivity index (χ0n) is 18.0. The van der Waals surface area contributed by atoms with Crippen LogP contribution in [0.5, 0.6) is 0 Å². The second kappa shape index (κ2) is 6.47. The molecular formula is C22H30N4O3. The maximum Gasteiger partial charge on any atom is 0.410 e. The van der Waals surface area contributed by atoms with E-state index in [4.69, 9.17) is 4.74 Å². The number of carbonyl (C=O) groups is 2. The second-order valence-electron chi connectivity index (χ2n) is 9.88. The van der Waals surface area contributed by atoms with Crippen molar-refractivity contribution in [1.82, 2.24) is 19.6 Å². The van der Waals surface area contributed by atoms with Gasteiger partial charge in [-0.2, -0.15) is 0 Å². The van der Waals surface area contributed by atoms with E-state index < -0.39 is 11.1 Å². The maximum atomic E-state index is 13.0. The molecule has 1 N–H and O–H groups in total. The van der Waals surface area contributed by atoms with Crippen LogP contribution in [0.4, 0.5) is 4.79 Å². The van der Waals surface area contributed by atoms with Crippen molar-refractivity contribution < 1.29 is 14.3 Å². The van der Waals surface area contributed by atoms with Crippen LogP contribution in [0.15, 0.2) is 24.5 Å². The predicted molar refractivity (Wildman–Crippen MR) is 109 cm³/mol. The van der Waals surface area contributed by atoms with Crippen LogP contribution in [0.25, 0.3) is 5.65 Å². The Hall–Kier alpha value is -2.57. The van der Waals surface area contributed by atoms with Gasteiger partial charge in [-0.25, -0.2) is 9.78 Å². The van der Waals surface area contributed by atoms with Crippen molar-refractivity contribution in [3.63, 3.8) is 0 Å². The molecule has 2 aliphatic rings. The number of imidazole rings is 1. The lowest BCUT2D eigenvalue weighted by Crippen LogP contribution is -2.45. The molecule has 0 aromatic carbocycles. The molecule has 3 heterocycles. The quantitative estimate of drug-likeness (QED) is 0.862. The summed E-state index contributed by atoms with van der Waals surface area (Å²) in [5.74, 6) is 0.480. The number of hydrogen-bond donors (Lipinski definition) is 1. The topological polar surface area (TPSA) is 75.9 Å². The minimum Gasteiger partial charge on any atom is -0.444 e. The van der Waals surface area contributed by atoms with Crippen molar-refractivity contribution in [1.29, 1.82) is 0 Å². The van der Waals surface area contributed by atoms with Crippen molar-refractivity contribution in [3.05, 3.63) is 35.8 Å². The van der Waals surface area contributed by atoms with E-state index in [2.05, 4.69) is 10.3 Å². The van der Waals surface area contributed by atoms with Crippen LogP contribution in [-0.2, 0) is 15.1 Å². The molecule has 3 atom stereocenters. The summed E-state index contributed by atoms with van der Waals surface area (Å²) in [6, 6.07) is 4.08. The summed E-state index contributed by atoms with van der Waals surface area (Å²) in [4.78, 5) is 31.4. The number of aromatic nitrogens is 2. The number of amides is 2. The molecule has 4 rings (SSSR count). The molecule has 2 aromatic rings. The van der Waals surface area contributed by atoms with Gasteiger partial charge < -0.3 is 19.4 Å². The molecule has 2 fully saturated rings. The number of likely N-dealkylation sites (tertiary alicyclic amines) is 1. The molecule has 7 nitrogen and oxygen atoms in total. The first-order chi connectivity index (χ1) is 13.5. The zero-order chi connectivity index (χ0) is 21.1. The summed E-state index contributed by atoms with van der Waals surface area (Å²) < 4.78 is 7.48. The van der Waals surface area contributed by atoms with E-state index in [1.807, 2.05) is 64.3 Å². The van der Waals surface area contributed by atoms with Gasteiger partial charge in [-0.3, -0.25) is 4.79 Å². The average molecular weight is 399 g/mol. The van der Waals surface area contributed by atoms with E-state index in [0.29, 0.717) is 13.1 Å². The summed E-state index contributed by atoms with van der Waals surface area (Å²) in [6.07, 6.45) is 3.42. The second-order valence-corrected chi connectivity index (χ2v) is 9.88. The number of fused-ring (bicyclic) bond motifs is 2. The lowest BCUT2D eigenvalue weighted by molar-refractivity contribution is -0.125. The van der Waals surface area contributed by atoms with Crippen LogP contribution in [0.2, 0.25) is 0 Å². The number of nitrogens with zero attached hydrogens (tertiary/aromatic N) is 3. The van der Waals surface area contributed by atoms with Gasteiger partial charge in [0.2, 0.25) is 5.91 Å². The Morgan fingerprint density at radius 3 is 2.41 bits per heavy atom. The molecule has 0 unspecified atom stereocenters. The smallest absolute Gasteiger partial charge is 0.410 e. The van der Waals surface area contributed by atoms with Crippen LogP contribution in [0.1, 0.15) is 45.9 Å². The van der Waals surface area contributed by atoms with Crippen molar-refractivity contribution >= 4 is 17.6 Å². The summed E-state index contributed by atoms with van der Waals surface area (Å²) >= 11 is 0. The van der Waals surface area contributed by atoms with E-state index in [9.17, 15) is 9.59 Å². The van der Waals surface area contributed by atoms with Crippen LogP contribution in [0.3, 0.4) is 0 Å². The molecule has 1 aliphatic carbocycles. The molecule has 0 radical (unpaired) electrons. The van der Waals surface area contributed by atoms with Crippen molar-refractivity contribution in [3.8, 4) is 0 Å². The van der Waals surface area contributed by atoms with Gasteiger partial charge in [0.25, 0.3) is 0 Å². The number of ether oxygens (including phenoxy) is 1. The zero-order valence-corrected chi connectivity index (χ0v) is 18.0. The highest BCUT2D eigenvalue weighted by Crippen LogP contribution is 2.52. The highest BCUT2D eigenvalue weighted by molar-refractivity contribution is 5.84. The molecule has 29 heavy (non-hydrogen) atoms. The Kier molecular flexibility index (Phi) is 4.40. The van der Waals surface area contributed by atoms with E-state index in [0.717, 1.165) is 16.9 Å². The van der Waals surface area contributed by atoms with Crippen molar-refractivity contribution in [2.75, 3.05) is 13.1 Å². The Labute approximate surface area is 171 Å². The van der Waals surface area contributed by atoms with Crippen LogP contribution in [0, 0.1) is 24.7 Å². The Morgan fingerprint density at radius 1 is 1.14 bits per heavy atom. The SMILES string of the molecule is Cc1ccc(C(C)(C)NC(=O)[C@H]2[C@@H]3CN(C(=O)OC(C)(C)C)C[C@@H]32)n2ccnc12. The van der Waals surface area contributed by atoms with Gasteiger partial charge in [0, 0.05) is 37.1 Å². The fourth-order valence-corrected chi connectivity index (χ4v) is 4.50. The molecule has 1 saturated carbocycles. The minimum absolute atomic E-state index is 0.0308. The number of carbonyl (C=O) groups excluding carboxylic acids is 2. The number of piperidine rings is 1. The highest BCUT2D eigenvalue weighted by atomic mass is 16.6. The summed E-state index contributed by atoms with van der Waals surface area (Å²) in [7, 11) is 0. The van der Waals surface area contributed by atoms with Gasteiger partial charge in [0.1, 0.15) is 11.2 Å². The van der Waals surface area contributed by atoms with E-state index in [1.54, 1.807) is 11.1 Å². The monoisotopic (exact) mass is 398 g/mol. The molecule has 7 heteroatoms. The van der Waals surface area contributed by atoms with Gasteiger partial charge >= 0.3 is 6.09 Å². The first-order valence-electron chi connectivity index (χ1n) is 10.2.